The second-order valence-electron chi connectivity index (χ2n) is 7.60. The lowest BCUT2D eigenvalue weighted by molar-refractivity contribution is -0.117. The van der Waals surface area contributed by atoms with Gasteiger partial charge in [0.2, 0.25) is 5.91 Å². The Morgan fingerprint density at radius 2 is 1.97 bits per heavy atom. The maximum atomic E-state index is 13.0. The first kappa shape index (κ1) is 22.6. The fraction of sp³-hybridized carbons (Fsp3) is 0.318. The van der Waals surface area contributed by atoms with Crippen molar-refractivity contribution in [1.82, 2.24) is 14.8 Å². The summed E-state index contributed by atoms with van der Waals surface area (Å²) in [4.78, 5) is 18.6. The molecular formula is C22H27FN6OS. The van der Waals surface area contributed by atoms with Crippen LogP contribution >= 0.6 is 13.5 Å². The summed E-state index contributed by atoms with van der Waals surface area (Å²) in [5.41, 5.74) is 4.61. The predicted molar refractivity (Wildman–Crippen MR) is 126 cm³/mol. The molecule has 7 nitrogen and oxygen atoms in total. The number of hydrogen-bond donors (Lipinski definition) is 2. The van der Waals surface area contributed by atoms with Crippen molar-refractivity contribution in [3.63, 3.8) is 0 Å². The smallest absolute Gasteiger partial charge is 0.246 e. The molecule has 1 aromatic carbocycles. The number of nitrogens with zero attached hydrogens (tertiary/aromatic N) is 4. The van der Waals surface area contributed by atoms with Gasteiger partial charge in [-0.25, -0.2) is 9.37 Å². The Hall–Kier alpha value is -3.07. The van der Waals surface area contributed by atoms with Crippen LogP contribution in [0.3, 0.4) is 0 Å². The van der Waals surface area contributed by atoms with E-state index in [-0.39, 0.29) is 31.3 Å². The summed E-state index contributed by atoms with van der Waals surface area (Å²) in [7, 11) is 1.91. The third-order valence-electron chi connectivity index (χ3n) is 5.47. The van der Waals surface area contributed by atoms with Crippen LogP contribution in [0.15, 0.2) is 42.7 Å². The molecule has 1 aliphatic heterocycles. The number of nitrogens with one attached hydrogen (secondary N) is 2. The van der Waals surface area contributed by atoms with Crippen LogP contribution in [0, 0.1) is 12.7 Å². The Labute approximate surface area is 188 Å². The van der Waals surface area contributed by atoms with Gasteiger partial charge in [-0.1, -0.05) is 12.1 Å². The molecule has 1 amide bonds. The minimum Gasteiger partial charge on any atom is -0.366 e. The Bertz CT molecular complexity index is 1070. The number of benzene rings is 1. The van der Waals surface area contributed by atoms with Gasteiger partial charge in [-0.05, 0) is 38.0 Å². The number of pyridine rings is 1. The van der Waals surface area contributed by atoms with Crippen molar-refractivity contribution in [2.24, 2.45) is 0 Å². The lowest BCUT2D eigenvalue weighted by atomic mass is 10.1. The van der Waals surface area contributed by atoms with E-state index in [4.69, 9.17) is 0 Å². The number of halogens is 1. The molecule has 3 aromatic rings. The zero-order chi connectivity index (χ0) is 21.3. The molecule has 0 bridgehead atoms. The number of fused-ring (bicyclic) bond motifs is 1. The van der Waals surface area contributed by atoms with Crippen molar-refractivity contribution >= 4 is 36.6 Å². The molecule has 2 N–H and O–H groups in total. The van der Waals surface area contributed by atoms with Gasteiger partial charge in [-0.15, -0.1) is 0 Å². The average Bonchev–Trinajstić information content (AvgIpc) is 3.19. The summed E-state index contributed by atoms with van der Waals surface area (Å²) in [6.07, 6.45) is 4.62. The Balaban J connectivity index is 0.00000272. The van der Waals surface area contributed by atoms with Crippen LogP contribution in [0.1, 0.15) is 23.7 Å². The lowest BCUT2D eigenvalue weighted by Crippen LogP contribution is -2.44. The van der Waals surface area contributed by atoms with Gasteiger partial charge in [-0.3, -0.25) is 9.48 Å². The third-order valence-corrected chi connectivity index (χ3v) is 5.47. The normalized spacial score (nSPS) is 15.2. The third kappa shape index (κ3) is 4.99. The van der Waals surface area contributed by atoms with E-state index < -0.39 is 0 Å². The van der Waals surface area contributed by atoms with Crippen LogP contribution in [0.4, 0.5) is 21.6 Å². The largest absolute Gasteiger partial charge is 0.366 e. The molecule has 0 saturated heterocycles. The fourth-order valence-corrected chi connectivity index (χ4v) is 3.50. The van der Waals surface area contributed by atoms with E-state index in [1.54, 1.807) is 12.1 Å². The van der Waals surface area contributed by atoms with Crippen molar-refractivity contribution in [2.45, 2.75) is 39.4 Å². The van der Waals surface area contributed by atoms with E-state index in [1.165, 1.54) is 12.1 Å². The highest BCUT2D eigenvalue weighted by Crippen LogP contribution is 2.34. The standard InChI is InChI=1S/C22H25FN6O.H2S/c1-14-21-19(28(3)15(2)22(30)27-21)10-20(26-14)24-11-17-12-25-29(13-17)9-8-16-4-6-18(23)7-5-16;/h4-7,10,12-13,15H,8-9,11H2,1-3H3,(H,24,26)(H,27,30);1H2/t15-;/m0./s1. The van der Waals surface area contributed by atoms with Gasteiger partial charge >= 0.3 is 0 Å². The molecule has 0 spiro atoms. The maximum Gasteiger partial charge on any atom is 0.246 e. The van der Waals surface area contributed by atoms with E-state index >= 15 is 0 Å². The Morgan fingerprint density at radius 3 is 2.71 bits per heavy atom. The molecule has 9 heteroatoms. The van der Waals surface area contributed by atoms with Crippen LogP contribution < -0.4 is 15.5 Å². The van der Waals surface area contributed by atoms with E-state index in [1.807, 2.05) is 48.9 Å². The van der Waals surface area contributed by atoms with Crippen molar-refractivity contribution < 1.29 is 9.18 Å². The molecule has 0 aliphatic carbocycles. The van der Waals surface area contributed by atoms with E-state index in [0.29, 0.717) is 6.54 Å². The highest BCUT2D eigenvalue weighted by Gasteiger charge is 2.28. The topological polar surface area (TPSA) is 75.1 Å². The highest BCUT2D eigenvalue weighted by atomic mass is 32.1. The Kier molecular flexibility index (Phi) is 6.84. The summed E-state index contributed by atoms with van der Waals surface area (Å²) in [5.74, 6) is 0.504. The molecule has 0 saturated carbocycles. The quantitative estimate of drug-likeness (QED) is 0.612. The molecule has 0 radical (unpaired) electrons. The van der Waals surface area contributed by atoms with Crippen LogP contribution in [-0.4, -0.2) is 33.8 Å². The molecule has 31 heavy (non-hydrogen) atoms. The number of anilines is 3. The maximum absolute atomic E-state index is 13.0. The minimum absolute atomic E-state index is 0. The molecular weight excluding hydrogens is 415 g/mol. The van der Waals surface area contributed by atoms with E-state index in [0.717, 1.165) is 47.0 Å². The van der Waals surface area contributed by atoms with E-state index in [2.05, 4.69) is 20.7 Å². The molecule has 0 fully saturated rings. The zero-order valence-corrected chi connectivity index (χ0v) is 18.8. The first-order valence-electron chi connectivity index (χ1n) is 9.95. The number of carbonyl (C=O) groups is 1. The summed E-state index contributed by atoms with van der Waals surface area (Å²) in [5, 5.41) is 10.7. The van der Waals surface area contributed by atoms with Crippen molar-refractivity contribution in [2.75, 3.05) is 22.6 Å². The molecule has 0 unspecified atom stereocenters. The van der Waals surface area contributed by atoms with Crippen LogP contribution in [0.5, 0.6) is 0 Å². The first-order chi connectivity index (χ1) is 14.4. The van der Waals surface area contributed by atoms with Crippen molar-refractivity contribution in [3.8, 4) is 0 Å². The second-order valence-corrected chi connectivity index (χ2v) is 7.60. The molecule has 4 rings (SSSR count). The number of amides is 1. The average molecular weight is 443 g/mol. The zero-order valence-electron chi connectivity index (χ0n) is 17.8. The van der Waals surface area contributed by atoms with Crippen LogP contribution in [-0.2, 0) is 24.3 Å². The SMILES string of the molecule is Cc1nc(NCc2cnn(CCc3ccc(F)cc3)c2)cc2c1NC(=O)[C@H](C)N2C.S. The number of aromatic nitrogens is 3. The lowest BCUT2D eigenvalue weighted by Gasteiger charge is -2.34. The van der Waals surface area contributed by atoms with E-state index in [9.17, 15) is 9.18 Å². The summed E-state index contributed by atoms with van der Waals surface area (Å²) < 4.78 is 14.9. The van der Waals surface area contributed by atoms with Gasteiger partial charge < -0.3 is 15.5 Å². The van der Waals surface area contributed by atoms with Gasteiger partial charge in [0.05, 0.1) is 23.3 Å². The van der Waals surface area contributed by atoms with Crippen LogP contribution in [0.2, 0.25) is 0 Å². The minimum atomic E-state index is -0.230. The summed E-state index contributed by atoms with van der Waals surface area (Å²) >= 11 is 0. The van der Waals surface area contributed by atoms with Gasteiger partial charge in [0.15, 0.2) is 0 Å². The fourth-order valence-electron chi connectivity index (χ4n) is 3.50. The second kappa shape index (κ2) is 9.38. The first-order valence-corrected chi connectivity index (χ1v) is 9.95. The molecule has 3 heterocycles. The summed E-state index contributed by atoms with van der Waals surface area (Å²) in [6, 6.07) is 8.27. The molecule has 1 aliphatic rings. The molecule has 2 aromatic heterocycles. The van der Waals surface area contributed by atoms with Gasteiger partial charge in [0.25, 0.3) is 0 Å². The highest BCUT2D eigenvalue weighted by molar-refractivity contribution is 7.59. The van der Waals surface area contributed by atoms with Gasteiger partial charge in [-0.2, -0.15) is 18.6 Å². The summed E-state index contributed by atoms with van der Waals surface area (Å²) in [6.45, 7) is 5.08. The number of likely N-dealkylation sites (N-methyl/N-ethyl adjacent to an activating group) is 1. The molecule has 164 valence electrons. The number of rotatable bonds is 6. The monoisotopic (exact) mass is 442 g/mol. The number of hydrogen-bond acceptors (Lipinski definition) is 5. The Morgan fingerprint density at radius 1 is 1.23 bits per heavy atom. The predicted octanol–water partition coefficient (Wildman–Crippen LogP) is 3.47. The molecule has 1 atom stereocenters. The number of carbonyl (C=O) groups excluding carboxylic acids is 1. The van der Waals surface area contributed by atoms with Gasteiger partial charge in [0.1, 0.15) is 17.7 Å². The van der Waals surface area contributed by atoms with Gasteiger partial charge in [0, 0.05) is 38.0 Å². The number of aryl methyl sites for hydroxylation is 3. The van der Waals surface area contributed by atoms with Crippen LogP contribution in [0.25, 0.3) is 0 Å². The van der Waals surface area contributed by atoms with Crippen molar-refractivity contribution in [3.05, 3.63) is 65.4 Å². The van der Waals surface area contributed by atoms with Crippen molar-refractivity contribution in [1.29, 1.82) is 0 Å².